The van der Waals surface area contributed by atoms with Crippen LogP contribution in [0.4, 0.5) is 10.5 Å². The van der Waals surface area contributed by atoms with Gasteiger partial charge in [-0.25, -0.2) is 14.6 Å². The molecule has 0 spiro atoms. The van der Waals surface area contributed by atoms with Crippen LogP contribution in [0.2, 0.25) is 0 Å². The van der Waals surface area contributed by atoms with Crippen molar-refractivity contribution in [2.45, 2.75) is 13.5 Å². The number of imidazole rings is 1. The van der Waals surface area contributed by atoms with Gasteiger partial charge in [0, 0.05) is 13.1 Å². The average Bonchev–Trinajstić information content (AvgIpc) is 2.97. The average molecular weight is 352 g/mol. The van der Waals surface area contributed by atoms with Crippen LogP contribution in [0.15, 0.2) is 48.5 Å². The van der Waals surface area contributed by atoms with E-state index in [1.54, 1.807) is 24.3 Å². The standard InChI is InChI=1S/C19H20N4O3/c1-13-21-16-9-5-6-10-17(16)23(13)12-11-20-19(25)22-15-8-4-3-7-14(15)18(24)26-2/h3-10H,11-12H2,1-2H3,(H2,20,22,25). The number of methoxy groups -OCH3 is 1. The molecule has 1 aromatic heterocycles. The van der Waals surface area contributed by atoms with Crippen molar-refractivity contribution < 1.29 is 14.3 Å². The smallest absolute Gasteiger partial charge is 0.339 e. The number of fused-ring (bicyclic) bond motifs is 1. The molecule has 0 unspecified atom stereocenters. The Hall–Kier alpha value is -3.35. The van der Waals surface area contributed by atoms with Gasteiger partial charge in [-0.3, -0.25) is 0 Å². The Bertz CT molecular complexity index is 949. The number of esters is 1. The van der Waals surface area contributed by atoms with Crippen LogP contribution in [-0.2, 0) is 11.3 Å². The Labute approximate surface area is 151 Å². The number of rotatable bonds is 5. The highest BCUT2D eigenvalue weighted by Gasteiger charge is 2.13. The number of hydrogen-bond donors (Lipinski definition) is 2. The molecule has 3 rings (SSSR count). The van der Waals surface area contributed by atoms with Crippen LogP contribution < -0.4 is 10.6 Å². The van der Waals surface area contributed by atoms with Gasteiger partial charge in [0.25, 0.3) is 0 Å². The van der Waals surface area contributed by atoms with Gasteiger partial charge >= 0.3 is 12.0 Å². The van der Waals surface area contributed by atoms with Crippen molar-refractivity contribution in [1.82, 2.24) is 14.9 Å². The van der Waals surface area contributed by atoms with Crippen molar-refractivity contribution in [1.29, 1.82) is 0 Å². The largest absolute Gasteiger partial charge is 0.465 e. The summed E-state index contributed by atoms with van der Waals surface area (Å²) in [7, 11) is 1.30. The minimum atomic E-state index is -0.499. The number of nitrogens with zero attached hydrogens (tertiary/aromatic N) is 2. The zero-order valence-electron chi connectivity index (χ0n) is 14.7. The van der Waals surface area contributed by atoms with Gasteiger partial charge in [-0.15, -0.1) is 0 Å². The fraction of sp³-hybridized carbons (Fsp3) is 0.211. The molecular formula is C19H20N4O3. The van der Waals surface area contributed by atoms with Gasteiger partial charge in [0.1, 0.15) is 5.82 Å². The lowest BCUT2D eigenvalue weighted by Gasteiger charge is -2.12. The van der Waals surface area contributed by atoms with Gasteiger partial charge in [0.2, 0.25) is 0 Å². The lowest BCUT2D eigenvalue weighted by molar-refractivity contribution is 0.0602. The number of ether oxygens (including phenoxy) is 1. The third kappa shape index (κ3) is 3.66. The first-order chi connectivity index (χ1) is 12.6. The Morgan fingerprint density at radius 1 is 1.12 bits per heavy atom. The summed E-state index contributed by atoms with van der Waals surface area (Å²) in [6, 6.07) is 14.2. The normalized spacial score (nSPS) is 10.5. The summed E-state index contributed by atoms with van der Waals surface area (Å²) in [5.41, 5.74) is 2.67. The van der Waals surface area contributed by atoms with Gasteiger partial charge < -0.3 is 19.9 Å². The summed E-state index contributed by atoms with van der Waals surface area (Å²) >= 11 is 0. The van der Waals surface area contributed by atoms with Crippen LogP contribution in [0.1, 0.15) is 16.2 Å². The second kappa shape index (κ2) is 7.69. The van der Waals surface area contributed by atoms with Gasteiger partial charge in [-0.1, -0.05) is 24.3 Å². The van der Waals surface area contributed by atoms with E-state index < -0.39 is 5.97 Å². The molecule has 7 heteroatoms. The zero-order chi connectivity index (χ0) is 18.5. The zero-order valence-corrected chi connectivity index (χ0v) is 14.7. The second-order valence-electron chi connectivity index (χ2n) is 5.72. The van der Waals surface area contributed by atoms with E-state index in [0.717, 1.165) is 16.9 Å². The first kappa shape index (κ1) is 17.5. The topological polar surface area (TPSA) is 85.2 Å². The summed E-state index contributed by atoms with van der Waals surface area (Å²) in [6.07, 6.45) is 0. The maximum absolute atomic E-state index is 12.2. The quantitative estimate of drug-likeness (QED) is 0.691. The summed E-state index contributed by atoms with van der Waals surface area (Å²) in [6.45, 7) is 2.96. The van der Waals surface area contributed by atoms with Crippen LogP contribution >= 0.6 is 0 Å². The number of benzene rings is 2. The van der Waals surface area contributed by atoms with E-state index in [-0.39, 0.29) is 6.03 Å². The number of aryl methyl sites for hydroxylation is 1. The molecule has 2 N–H and O–H groups in total. The van der Waals surface area contributed by atoms with Crippen molar-refractivity contribution >= 4 is 28.7 Å². The minimum Gasteiger partial charge on any atom is -0.465 e. The Kier molecular flexibility index (Phi) is 5.17. The number of urea groups is 1. The fourth-order valence-corrected chi connectivity index (χ4v) is 2.81. The number of nitrogens with one attached hydrogen (secondary N) is 2. The molecule has 1 heterocycles. The van der Waals surface area contributed by atoms with Crippen molar-refractivity contribution in [3.63, 3.8) is 0 Å². The highest BCUT2D eigenvalue weighted by Crippen LogP contribution is 2.16. The summed E-state index contributed by atoms with van der Waals surface area (Å²) in [5, 5.41) is 5.48. The van der Waals surface area contributed by atoms with Crippen LogP contribution in [0.3, 0.4) is 0 Å². The monoisotopic (exact) mass is 352 g/mol. The van der Waals surface area contributed by atoms with E-state index in [1.165, 1.54) is 7.11 Å². The summed E-state index contributed by atoms with van der Waals surface area (Å²) in [4.78, 5) is 28.4. The number of carbonyl (C=O) groups is 2. The predicted molar refractivity (Wildman–Crippen MR) is 99.3 cm³/mol. The van der Waals surface area contributed by atoms with Crippen LogP contribution in [0, 0.1) is 6.92 Å². The predicted octanol–water partition coefficient (Wildman–Crippen LogP) is 2.95. The van der Waals surface area contributed by atoms with E-state index in [0.29, 0.717) is 24.3 Å². The molecule has 2 amide bonds. The third-order valence-corrected chi connectivity index (χ3v) is 4.05. The molecule has 0 aliphatic heterocycles. The summed E-state index contributed by atoms with van der Waals surface area (Å²) < 4.78 is 6.78. The SMILES string of the molecule is COC(=O)c1ccccc1NC(=O)NCCn1c(C)nc2ccccc21. The molecule has 26 heavy (non-hydrogen) atoms. The minimum absolute atomic E-state index is 0.307. The number of hydrogen-bond acceptors (Lipinski definition) is 4. The molecular weight excluding hydrogens is 332 g/mol. The first-order valence-electron chi connectivity index (χ1n) is 8.24. The Morgan fingerprint density at radius 2 is 1.85 bits per heavy atom. The van der Waals surface area contributed by atoms with Crippen LogP contribution in [0.25, 0.3) is 11.0 Å². The molecule has 0 atom stereocenters. The Balaban J connectivity index is 1.62. The number of carbonyl (C=O) groups excluding carboxylic acids is 2. The molecule has 0 radical (unpaired) electrons. The number of para-hydroxylation sites is 3. The van der Waals surface area contributed by atoms with Gasteiger partial charge in [-0.2, -0.15) is 0 Å². The molecule has 0 aliphatic rings. The maximum Gasteiger partial charge on any atom is 0.339 e. The lowest BCUT2D eigenvalue weighted by atomic mass is 10.2. The molecule has 2 aromatic carbocycles. The molecule has 7 nitrogen and oxygen atoms in total. The van der Waals surface area contributed by atoms with Crippen molar-refractivity contribution in [2.75, 3.05) is 19.0 Å². The molecule has 0 fully saturated rings. The van der Waals surface area contributed by atoms with E-state index in [9.17, 15) is 9.59 Å². The Morgan fingerprint density at radius 3 is 2.65 bits per heavy atom. The van der Waals surface area contributed by atoms with E-state index in [4.69, 9.17) is 4.74 Å². The highest BCUT2D eigenvalue weighted by atomic mass is 16.5. The first-order valence-corrected chi connectivity index (χ1v) is 8.24. The number of aromatic nitrogens is 2. The third-order valence-electron chi connectivity index (χ3n) is 4.05. The van der Waals surface area contributed by atoms with Crippen molar-refractivity contribution in [2.24, 2.45) is 0 Å². The van der Waals surface area contributed by atoms with Crippen LogP contribution in [0.5, 0.6) is 0 Å². The summed E-state index contributed by atoms with van der Waals surface area (Å²) in [5.74, 6) is 0.394. The van der Waals surface area contributed by atoms with E-state index >= 15 is 0 Å². The molecule has 134 valence electrons. The van der Waals surface area contributed by atoms with Crippen molar-refractivity contribution in [3.05, 3.63) is 59.9 Å². The number of amides is 2. The fourth-order valence-electron chi connectivity index (χ4n) is 2.81. The van der Waals surface area contributed by atoms with Gasteiger partial charge in [0.15, 0.2) is 0 Å². The van der Waals surface area contributed by atoms with E-state index in [1.807, 2.05) is 31.2 Å². The second-order valence-corrected chi connectivity index (χ2v) is 5.72. The van der Waals surface area contributed by atoms with Gasteiger partial charge in [0.05, 0.1) is 29.4 Å². The van der Waals surface area contributed by atoms with Crippen LogP contribution in [-0.4, -0.2) is 35.2 Å². The molecule has 0 aliphatic carbocycles. The maximum atomic E-state index is 12.2. The molecule has 3 aromatic rings. The molecule has 0 saturated carbocycles. The van der Waals surface area contributed by atoms with Crippen molar-refractivity contribution in [3.8, 4) is 0 Å². The van der Waals surface area contributed by atoms with Gasteiger partial charge in [-0.05, 0) is 31.2 Å². The number of anilines is 1. The molecule has 0 bridgehead atoms. The lowest BCUT2D eigenvalue weighted by Crippen LogP contribution is -2.32. The molecule has 0 saturated heterocycles. The van der Waals surface area contributed by atoms with E-state index in [2.05, 4.69) is 20.2 Å². The highest BCUT2D eigenvalue weighted by molar-refractivity contribution is 6.00.